The maximum atomic E-state index is 12.8. The van der Waals surface area contributed by atoms with E-state index in [1.54, 1.807) is 0 Å². The number of aliphatic carboxylic acids is 1. The Hall–Kier alpha value is -2.06. The fourth-order valence-electron chi connectivity index (χ4n) is 1.90. The van der Waals surface area contributed by atoms with Crippen LogP contribution in [0.25, 0.3) is 0 Å². The number of hydrogen-bond donors (Lipinski definition) is 1. The Morgan fingerprint density at radius 2 is 1.96 bits per heavy atom. The maximum absolute atomic E-state index is 12.8. The summed E-state index contributed by atoms with van der Waals surface area (Å²) >= 11 is 6.07. The van der Waals surface area contributed by atoms with E-state index in [0.717, 1.165) is 23.9 Å². The number of halogens is 1. The van der Waals surface area contributed by atoms with Crippen molar-refractivity contribution in [1.82, 2.24) is 4.90 Å². The van der Waals surface area contributed by atoms with Gasteiger partial charge in [0.1, 0.15) is 10.1 Å². The van der Waals surface area contributed by atoms with E-state index in [0.29, 0.717) is 4.32 Å². The molecule has 1 saturated heterocycles. The van der Waals surface area contributed by atoms with Crippen molar-refractivity contribution in [2.75, 3.05) is 6.54 Å². The summed E-state index contributed by atoms with van der Waals surface area (Å²) in [4.78, 5) is 36.2. The fraction of sp³-hybridized carbons (Fsp3) is 0.200. The minimum Gasteiger partial charge on any atom is -0.481 e. The van der Waals surface area contributed by atoms with Gasteiger partial charge in [-0.25, -0.2) is 4.39 Å². The number of benzene rings is 1. The van der Waals surface area contributed by atoms with Crippen molar-refractivity contribution in [1.29, 1.82) is 0 Å². The molecule has 1 aliphatic heterocycles. The zero-order valence-corrected chi connectivity index (χ0v) is 13.5. The molecule has 1 fully saturated rings. The van der Waals surface area contributed by atoms with E-state index in [9.17, 15) is 18.8 Å². The summed E-state index contributed by atoms with van der Waals surface area (Å²) < 4.78 is 13.1. The summed E-state index contributed by atoms with van der Waals surface area (Å²) in [6.07, 6.45) is 1.38. The summed E-state index contributed by atoms with van der Waals surface area (Å²) in [7, 11) is 0. The molecule has 1 aromatic carbocycles. The first kappa shape index (κ1) is 17.3. The van der Waals surface area contributed by atoms with Crippen LogP contribution in [0.3, 0.4) is 0 Å². The number of thioether (sulfide) groups is 1. The smallest absolute Gasteiger partial charge is 0.303 e. The summed E-state index contributed by atoms with van der Waals surface area (Å²) in [6, 6.07) is 5.00. The third-order valence-corrected chi connectivity index (χ3v) is 4.41. The van der Waals surface area contributed by atoms with E-state index < -0.39 is 23.5 Å². The van der Waals surface area contributed by atoms with Crippen molar-refractivity contribution in [3.8, 4) is 0 Å². The predicted molar refractivity (Wildman–Crippen MR) is 87.6 cm³/mol. The Morgan fingerprint density at radius 1 is 1.30 bits per heavy atom. The Morgan fingerprint density at radius 3 is 2.57 bits per heavy atom. The van der Waals surface area contributed by atoms with E-state index in [4.69, 9.17) is 17.3 Å². The Labute approximate surface area is 141 Å². The third-order valence-electron chi connectivity index (χ3n) is 3.04. The van der Waals surface area contributed by atoms with Crippen molar-refractivity contribution in [3.05, 3.63) is 46.6 Å². The minimum absolute atomic E-state index is 0.0649. The molecular weight excluding hydrogens is 341 g/mol. The zero-order chi connectivity index (χ0) is 17.0. The predicted octanol–water partition coefficient (Wildman–Crippen LogP) is 2.62. The van der Waals surface area contributed by atoms with Gasteiger partial charge in [-0.05, 0) is 30.7 Å². The van der Waals surface area contributed by atoms with Crippen LogP contribution in [0.2, 0.25) is 0 Å². The normalized spacial score (nSPS) is 16.2. The van der Waals surface area contributed by atoms with Crippen molar-refractivity contribution in [3.63, 3.8) is 0 Å². The van der Waals surface area contributed by atoms with Gasteiger partial charge in [0.25, 0.3) is 5.91 Å². The van der Waals surface area contributed by atoms with Crippen molar-refractivity contribution >= 4 is 46.0 Å². The van der Waals surface area contributed by atoms with Gasteiger partial charge >= 0.3 is 5.97 Å². The van der Waals surface area contributed by atoms with Gasteiger partial charge in [-0.1, -0.05) is 24.0 Å². The molecule has 1 aliphatic rings. The molecule has 0 atom stereocenters. The standard InChI is InChI=1S/C15H12FNO4S2/c16-10-5-3-9(4-6-10)11(18)8-12-14(21)17(15(22)23-12)7-1-2-13(19)20/h3-6,8H,1-2,7H2,(H,19,20). The number of carbonyl (C=O) groups is 3. The Balaban J connectivity index is 2.07. The summed E-state index contributed by atoms with van der Waals surface area (Å²) in [6.45, 7) is 0.193. The SMILES string of the molecule is O=C(O)CCCN1C(=O)C(=CC(=O)c2ccc(F)cc2)SC1=S. The lowest BCUT2D eigenvalue weighted by atomic mass is 10.1. The highest BCUT2D eigenvalue weighted by molar-refractivity contribution is 8.26. The first-order valence-electron chi connectivity index (χ1n) is 6.65. The Bertz CT molecular complexity index is 700. The number of carboxylic acids is 1. The number of hydrogen-bond acceptors (Lipinski definition) is 5. The average molecular weight is 353 g/mol. The largest absolute Gasteiger partial charge is 0.481 e. The van der Waals surface area contributed by atoms with E-state index in [1.807, 2.05) is 0 Å². The molecule has 1 amide bonds. The van der Waals surface area contributed by atoms with Crippen molar-refractivity contribution < 1.29 is 23.9 Å². The molecule has 8 heteroatoms. The summed E-state index contributed by atoms with van der Waals surface area (Å²) in [5.74, 6) is -2.24. The van der Waals surface area contributed by atoms with Crippen LogP contribution < -0.4 is 0 Å². The summed E-state index contributed by atoms with van der Waals surface area (Å²) in [5, 5.41) is 8.61. The first-order chi connectivity index (χ1) is 10.9. The molecule has 0 unspecified atom stereocenters. The molecule has 0 bridgehead atoms. The van der Waals surface area contributed by atoms with E-state index in [2.05, 4.69) is 0 Å². The molecule has 0 saturated carbocycles. The van der Waals surface area contributed by atoms with Crippen molar-refractivity contribution in [2.45, 2.75) is 12.8 Å². The second-order valence-electron chi connectivity index (χ2n) is 4.70. The fourth-order valence-corrected chi connectivity index (χ4v) is 3.18. The number of thiocarbonyl (C=S) groups is 1. The number of rotatable bonds is 6. The van der Waals surface area contributed by atoms with E-state index in [-0.39, 0.29) is 29.9 Å². The third kappa shape index (κ3) is 4.46. The average Bonchev–Trinajstić information content (AvgIpc) is 2.75. The first-order valence-corrected chi connectivity index (χ1v) is 7.88. The maximum Gasteiger partial charge on any atom is 0.303 e. The number of amides is 1. The van der Waals surface area contributed by atoms with Crippen LogP contribution in [0, 0.1) is 5.82 Å². The number of nitrogens with zero attached hydrogens (tertiary/aromatic N) is 1. The van der Waals surface area contributed by atoms with Crippen LogP contribution in [0.1, 0.15) is 23.2 Å². The number of ketones is 1. The highest BCUT2D eigenvalue weighted by Crippen LogP contribution is 2.31. The van der Waals surface area contributed by atoms with Crippen LogP contribution in [0.4, 0.5) is 4.39 Å². The quantitative estimate of drug-likeness (QED) is 0.481. The van der Waals surface area contributed by atoms with E-state index >= 15 is 0 Å². The molecule has 0 aromatic heterocycles. The number of carbonyl (C=O) groups excluding carboxylic acids is 2. The molecule has 2 rings (SSSR count). The van der Waals surface area contributed by atoms with Gasteiger partial charge in [0.2, 0.25) is 0 Å². The van der Waals surface area contributed by atoms with Gasteiger partial charge in [0, 0.05) is 24.6 Å². The number of allylic oxidation sites excluding steroid dienone is 1. The van der Waals surface area contributed by atoms with Gasteiger partial charge in [-0.3, -0.25) is 19.3 Å². The second-order valence-corrected chi connectivity index (χ2v) is 6.38. The molecule has 0 spiro atoms. The van der Waals surface area contributed by atoms with Gasteiger partial charge in [0.15, 0.2) is 5.78 Å². The molecule has 0 radical (unpaired) electrons. The molecular formula is C15H12FNO4S2. The highest BCUT2D eigenvalue weighted by Gasteiger charge is 2.32. The topological polar surface area (TPSA) is 74.7 Å². The molecule has 5 nitrogen and oxygen atoms in total. The highest BCUT2D eigenvalue weighted by atomic mass is 32.2. The van der Waals surface area contributed by atoms with Crippen molar-refractivity contribution in [2.24, 2.45) is 0 Å². The van der Waals surface area contributed by atoms with E-state index in [1.165, 1.54) is 23.1 Å². The lowest BCUT2D eigenvalue weighted by Crippen LogP contribution is -2.29. The number of carboxylic acid groups (broad SMARTS) is 1. The van der Waals surface area contributed by atoms with Crippen LogP contribution in [0.15, 0.2) is 35.2 Å². The monoisotopic (exact) mass is 353 g/mol. The van der Waals surface area contributed by atoms with Gasteiger partial charge < -0.3 is 5.11 Å². The molecule has 23 heavy (non-hydrogen) atoms. The van der Waals surface area contributed by atoms with Crippen LogP contribution in [0.5, 0.6) is 0 Å². The minimum atomic E-state index is -0.947. The van der Waals surface area contributed by atoms with Crippen LogP contribution in [-0.2, 0) is 9.59 Å². The molecule has 120 valence electrons. The second kappa shape index (κ2) is 7.47. The van der Waals surface area contributed by atoms with Crippen LogP contribution in [-0.4, -0.2) is 38.5 Å². The van der Waals surface area contributed by atoms with Gasteiger partial charge in [-0.2, -0.15) is 0 Å². The molecule has 1 aromatic rings. The zero-order valence-electron chi connectivity index (χ0n) is 11.8. The summed E-state index contributed by atoms with van der Waals surface area (Å²) in [5.41, 5.74) is 0.266. The van der Waals surface area contributed by atoms with Crippen LogP contribution >= 0.6 is 24.0 Å². The lowest BCUT2D eigenvalue weighted by Gasteiger charge is -2.13. The van der Waals surface area contributed by atoms with Gasteiger partial charge in [0.05, 0.1) is 4.91 Å². The van der Waals surface area contributed by atoms with Gasteiger partial charge in [-0.15, -0.1) is 0 Å². The lowest BCUT2D eigenvalue weighted by molar-refractivity contribution is -0.137. The molecule has 1 N–H and O–H groups in total. The molecule has 0 aliphatic carbocycles. The Kier molecular flexibility index (Phi) is 5.62. The molecule has 1 heterocycles.